The van der Waals surface area contributed by atoms with Crippen molar-refractivity contribution in [3.05, 3.63) is 62.9 Å². The van der Waals surface area contributed by atoms with Gasteiger partial charge >= 0.3 is 0 Å². The Hall–Kier alpha value is -1.39. The van der Waals surface area contributed by atoms with Crippen molar-refractivity contribution >= 4 is 38.7 Å². The van der Waals surface area contributed by atoms with E-state index in [1.165, 1.54) is 30.6 Å². The van der Waals surface area contributed by atoms with E-state index in [1.54, 1.807) is 23.6 Å². The van der Waals surface area contributed by atoms with Gasteiger partial charge < -0.3 is 5.32 Å². The summed E-state index contributed by atoms with van der Waals surface area (Å²) < 4.78 is 1.04. The molecule has 1 N–H and O–H groups in total. The highest BCUT2D eigenvalue weighted by molar-refractivity contribution is 9.10. The maximum absolute atomic E-state index is 12.2. The number of nitrogens with one attached hydrogen (secondary N) is 1. The largest absolute Gasteiger partial charge is 0.362 e. The quantitative estimate of drug-likeness (QED) is 0.302. The second-order valence-corrected chi connectivity index (χ2v) is 7.51. The van der Waals surface area contributed by atoms with E-state index in [4.69, 9.17) is 0 Å². The molecule has 2 aromatic rings. The number of hydrogen-bond acceptors (Lipinski definition) is 3. The van der Waals surface area contributed by atoms with Crippen LogP contribution in [0.4, 0.5) is 5.69 Å². The van der Waals surface area contributed by atoms with Crippen LogP contribution in [0.25, 0.3) is 0 Å². The summed E-state index contributed by atoms with van der Waals surface area (Å²) in [5.74, 6) is 0.0550. The second-order valence-electron chi connectivity index (χ2n) is 5.43. The number of hydrogen-bond donors (Lipinski definition) is 1. The minimum atomic E-state index is 0.0550. The summed E-state index contributed by atoms with van der Waals surface area (Å²) in [6.45, 7) is 2.22. The van der Waals surface area contributed by atoms with Crippen molar-refractivity contribution in [3.8, 4) is 0 Å². The maximum atomic E-state index is 12.2. The number of anilines is 1. The molecule has 0 aliphatic rings. The molecule has 0 spiro atoms. The normalized spacial score (nSPS) is 11.0. The van der Waals surface area contributed by atoms with E-state index in [1.807, 2.05) is 30.3 Å². The summed E-state index contributed by atoms with van der Waals surface area (Å²) in [7, 11) is 0. The molecular weight excluding hydrogens is 370 g/mol. The predicted molar refractivity (Wildman–Crippen MR) is 103 cm³/mol. The van der Waals surface area contributed by atoms with Crippen LogP contribution in [0.3, 0.4) is 0 Å². The van der Waals surface area contributed by atoms with Crippen LogP contribution in [-0.2, 0) is 6.42 Å². The second kappa shape index (κ2) is 9.68. The summed E-state index contributed by atoms with van der Waals surface area (Å²) in [5.41, 5.74) is 0.958. The van der Waals surface area contributed by atoms with Crippen molar-refractivity contribution in [2.24, 2.45) is 0 Å². The van der Waals surface area contributed by atoms with Crippen LogP contribution in [0.5, 0.6) is 0 Å². The predicted octanol–water partition coefficient (Wildman–Crippen LogP) is 6.44. The smallest absolute Gasteiger partial charge is 0.197 e. The third-order valence-electron chi connectivity index (χ3n) is 3.51. The monoisotopic (exact) mass is 391 g/mol. The molecule has 0 radical (unpaired) electrons. The first-order valence-electron chi connectivity index (χ1n) is 8.00. The minimum Gasteiger partial charge on any atom is -0.362 e. The van der Waals surface area contributed by atoms with Crippen molar-refractivity contribution in [1.29, 1.82) is 0 Å². The van der Waals surface area contributed by atoms with Gasteiger partial charge in [-0.3, -0.25) is 4.79 Å². The van der Waals surface area contributed by atoms with E-state index in [0.29, 0.717) is 0 Å². The third-order valence-corrected chi connectivity index (χ3v) is 5.20. The number of thiophene rings is 1. The first-order chi connectivity index (χ1) is 11.2. The lowest BCUT2D eigenvalue weighted by Gasteiger charge is -1.99. The number of unbranched alkanes of at least 4 members (excludes halogenated alkanes) is 3. The lowest BCUT2D eigenvalue weighted by Crippen LogP contribution is -1.93. The lowest BCUT2D eigenvalue weighted by molar-refractivity contribution is 0.105. The number of carbonyl (C=O) groups is 1. The lowest BCUT2D eigenvalue weighted by atomic mass is 10.1. The molecule has 2 nitrogen and oxygen atoms in total. The van der Waals surface area contributed by atoms with Gasteiger partial charge in [-0.15, -0.1) is 11.3 Å². The highest BCUT2D eigenvalue weighted by Crippen LogP contribution is 2.20. The first-order valence-corrected chi connectivity index (χ1v) is 9.61. The molecule has 0 bridgehead atoms. The highest BCUT2D eigenvalue weighted by Gasteiger charge is 2.06. The molecule has 0 aliphatic heterocycles. The first kappa shape index (κ1) is 18.0. The van der Waals surface area contributed by atoms with E-state index >= 15 is 0 Å². The van der Waals surface area contributed by atoms with Gasteiger partial charge in [-0.25, -0.2) is 0 Å². The van der Waals surface area contributed by atoms with Crippen LogP contribution >= 0.6 is 27.3 Å². The number of carbonyl (C=O) groups excluding carboxylic acids is 1. The zero-order valence-corrected chi connectivity index (χ0v) is 15.8. The van der Waals surface area contributed by atoms with Gasteiger partial charge in [0.2, 0.25) is 0 Å². The van der Waals surface area contributed by atoms with E-state index in [2.05, 4.69) is 34.2 Å². The Morgan fingerprint density at radius 3 is 2.65 bits per heavy atom. The van der Waals surface area contributed by atoms with Crippen LogP contribution in [0.2, 0.25) is 0 Å². The van der Waals surface area contributed by atoms with E-state index in [-0.39, 0.29) is 5.78 Å². The van der Waals surface area contributed by atoms with Crippen molar-refractivity contribution in [2.75, 3.05) is 5.32 Å². The Labute approximate surface area is 150 Å². The van der Waals surface area contributed by atoms with Gasteiger partial charge in [0.15, 0.2) is 5.78 Å². The fourth-order valence-corrected chi connectivity index (χ4v) is 3.45. The topological polar surface area (TPSA) is 29.1 Å². The number of ketones is 1. The van der Waals surface area contributed by atoms with Crippen molar-refractivity contribution < 1.29 is 4.79 Å². The van der Waals surface area contributed by atoms with Crippen molar-refractivity contribution in [1.82, 2.24) is 0 Å². The van der Waals surface area contributed by atoms with Gasteiger partial charge in [0.25, 0.3) is 0 Å². The molecule has 1 aromatic carbocycles. The summed E-state index contributed by atoms with van der Waals surface area (Å²) in [6, 6.07) is 11.9. The molecule has 0 unspecified atom stereocenters. The number of rotatable bonds is 9. The number of benzene rings is 1. The fraction of sp³-hybridized carbons (Fsp3) is 0.316. The summed E-state index contributed by atoms with van der Waals surface area (Å²) in [5, 5.41) is 3.11. The average molecular weight is 392 g/mol. The summed E-state index contributed by atoms with van der Waals surface area (Å²) >= 11 is 5.01. The molecule has 0 fully saturated rings. The Morgan fingerprint density at radius 1 is 1.13 bits per heavy atom. The number of aryl methyl sites for hydroxylation is 1. The molecular formula is C19H22BrNOS. The Bertz CT molecular complexity index is 646. The van der Waals surface area contributed by atoms with E-state index < -0.39 is 0 Å². The SMILES string of the molecule is CCCCCCc1ccc(C(=O)/C=C\Nc2ccc(Br)cc2)s1. The molecule has 0 amide bonds. The standard InChI is InChI=1S/C19H22BrNOS/c1-2-3-4-5-6-17-11-12-19(23-17)18(22)13-14-21-16-9-7-15(20)8-10-16/h7-14,21H,2-6H2,1H3/b14-13-. The van der Waals surface area contributed by atoms with Gasteiger partial charge in [-0.05, 0) is 49.2 Å². The Morgan fingerprint density at radius 2 is 1.91 bits per heavy atom. The van der Waals surface area contributed by atoms with E-state index in [9.17, 15) is 4.79 Å². The number of allylic oxidation sites excluding steroid dienone is 1. The average Bonchev–Trinajstić information content (AvgIpc) is 3.02. The van der Waals surface area contributed by atoms with Gasteiger partial charge in [0.05, 0.1) is 4.88 Å². The van der Waals surface area contributed by atoms with Crippen LogP contribution < -0.4 is 5.32 Å². The third kappa shape index (κ3) is 6.32. The molecule has 0 aliphatic carbocycles. The molecule has 1 aromatic heterocycles. The van der Waals surface area contributed by atoms with Gasteiger partial charge in [-0.2, -0.15) is 0 Å². The Kier molecular flexibility index (Phi) is 7.56. The maximum Gasteiger partial charge on any atom is 0.197 e. The molecule has 23 heavy (non-hydrogen) atoms. The van der Waals surface area contributed by atoms with E-state index in [0.717, 1.165) is 21.5 Å². The van der Waals surface area contributed by atoms with Gasteiger partial charge in [-0.1, -0.05) is 42.1 Å². The van der Waals surface area contributed by atoms with Crippen LogP contribution in [0.15, 0.2) is 53.1 Å². The summed E-state index contributed by atoms with van der Waals surface area (Å²) in [4.78, 5) is 14.3. The van der Waals surface area contributed by atoms with Gasteiger partial charge in [0.1, 0.15) is 0 Å². The molecule has 122 valence electrons. The number of halogens is 1. The van der Waals surface area contributed by atoms with Crippen LogP contribution in [0.1, 0.15) is 47.2 Å². The zero-order valence-electron chi connectivity index (χ0n) is 13.3. The molecule has 0 atom stereocenters. The van der Waals surface area contributed by atoms with Gasteiger partial charge in [0, 0.05) is 27.3 Å². The highest BCUT2D eigenvalue weighted by atomic mass is 79.9. The van der Waals surface area contributed by atoms with Crippen LogP contribution in [-0.4, -0.2) is 5.78 Å². The zero-order chi connectivity index (χ0) is 16.5. The molecule has 4 heteroatoms. The molecule has 0 saturated heterocycles. The minimum absolute atomic E-state index is 0.0550. The van der Waals surface area contributed by atoms with Crippen molar-refractivity contribution in [2.45, 2.75) is 39.0 Å². The summed E-state index contributed by atoms with van der Waals surface area (Å²) in [6.07, 6.45) is 9.41. The van der Waals surface area contributed by atoms with Crippen molar-refractivity contribution in [3.63, 3.8) is 0 Å². The fourth-order valence-electron chi connectivity index (χ4n) is 2.21. The molecule has 0 saturated carbocycles. The molecule has 2 rings (SSSR count). The van der Waals surface area contributed by atoms with Crippen LogP contribution in [0, 0.1) is 0 Å². The molecule has 1 heterocycles. The Balaban J connectivity index is 1.82.